The molecule has 2 aliphatic rings. The van der Waals surface area contributed by atoms with Crippen LogP contribution in [0.4, 0.5) is 0 Å². The molecule has 2 heterocycles. The number of ether oxygens (including phenoxy) is 4. The SMILES string of the molecule is CC1(C)O[C@H]2[C@@H](O1)C(C)(O)O[C@@H]2COCc1ccccc1. The van der Waals surface area contributed by atoms with E-state index in [9.17, 15) is 5.11 Å². The largest absolute Gasteiger partial charge is 0.374 e. The van der Waals surface area contributed by atoms with Crippen LogP contribution in [0.25, 0.3) is 0 Å². The predicted molar refractivity (Wildman–Crippen MR) is 75.4 cm³/mol. The Hall–Kier alpha value is -0.980. The molecule has 1 unspecified atom stereocenters. The van der Waals surface area contributed by atoms with E-state index in [0.717, 1.165) is 5.56 Å². The van der Waals surface area contributed by atoms with Crippen LogP contribution in [-0.4, -0.2) is 41.6 Å². The van der Waals surface area contributed by atoms with Crippen molar-refractivity contribution in [3.05, 3.63) is 35.9 Å². The second-order valence-corrected chi connectivity index (χ2v) is 6.23. The van der Waals surface area contributed by atoms with E-state index < -0.39 is 17.7 Å². The molecule has 3 rings (SSSR count). The van der Waals surface area contributed by atoms with Gasteiger partial charge < -0.3 is 24.1 Å². The molecule has 4 atom stereocenters. The maximum Gasteiger partial charge on any atom is 0.192 e. The molecule has 0 aliphatic carbocycles. The molecule has 0 aromatic heterocycles. The average Bonchev–Trinajstić information content (AvgIpc) is 2.85. The molecule has 21 heavy (non-hydrogen) atoms. The molecular weight excluding hydrogens is 272 g/mol. The normalized spacial score (nSPS) is 37.6. The first-order valence-corrected chi connectivity index (χ1v) is 7.25. The Labute approximate surface area is 124 Å². The van der Waals surface area contributed by atoms with Crippen molar-refractivity contribution in [2.45, 2.75) is 57.3 Å². The summed E-state index contributed by atoms with van der Waals surface area (Å²) < 4.78 is 22.9. The van der Waals surface area contributed by atoms with Gasteiger partial charge in [0.1, 0.15) is 18.3 Å². The van der Waals surface area contributed by atoms with E-state index in [-0.39, 0.29) is 12.2 Å². The highest BCUT2D eigenvalue weighted by atomic mass is 16.8. The molecule has 2 fully saturated rings. The van der Waals surface area contributed by atoms with Crippen molar-refractivity contribution >= 4 is 0 Å². The zero-order valence-electron chi connectivity index (χ0n) is 12.6. The highest BCUT2D eigenvalue weighted by Crippen LogP contribution is 2.42. The number of aliphatic hydroxyl groups is 1. The van der Waals surface area contributed by atoms with Crippen molar-refractivity contribution in [3.63, 3.8) is 0 Å². The summed E-state index contributed by atoms with van der Waals surface area (Å²) in [4.78, 5) is 0. The molecule has 2 saturated heterocycles. The highest BCUT2D eigenvalue weighted by molar-refractivity contribution is 5.13. The van der Waals surface area contributed by atoms with E-state index >= 15 is 0 Å². The molecule has 116 valence electrons. The Bertz CT molecular complexity index is 485. The summed E-state index contributed by atoms with van der Waals surface area (Å²) >= 11 is 0. The number of hydrogen-bond acceptors (Lipinski definition) is 5. The van der Waals surface area contributed by atoms with Gasteiger partial charge in [-0.15, -0.1) is 0 Å². The third kappa shape index (κ3) is 3.12. The van der Waals surface area contributed by atoms with Crippen molar-refractivity contribution < 1.29 is 24.1 Å². The second-order valence-electron chi connectivity index (χ2n) is 6.23. The van der Waals surface area contributed by atoms with Crippen molar-refractivity contribution in [2.75, 3.05) is 6.61 Å². The van der Waals surface area contributed by atoms with Gasteiger partial charge in [0, 0.05) is 0 Å². The van der Waals surface area contributed by atoms with E-state index in [1.807, 2.05) is 44.2 Å². The summed E-state index contributed by atoms with van der Waals surface area (Å²) in [5, 5.41) is 10.3. The molecular formula is C16H22O5. The lowest BCUT2D eigenvalue weighted by Crippen LogP contribution is -2.40. The van der Waals surface area contributed by atoms with E-state index in [1.165, 1.54) is 0 Å². The Morgan fingerprint density at radius 3 is 2.52 bits per heavy atom. The Morgan fingerprint density at radius 2 is 1.81 bits per heavy atom. The molecule has 1 aromatic rings. The van der Waals surface area contributed by atoms with Gasteiger partial charge in [0.15, 0.2) is 11.6 Å². The van der Waals surface area contributed by atoms with Crippen molar-refractivity contribution in [1.82, 2.24) is 0 Å². The van der Waals surface area contributed by atoms with E-state index in [4.69, 9.17) is 18.9 Å². The molecule has 0 radical (unpaired) electrons. The van der Waals surface area contributed by atoms with Crippen LogP contribution in [0.3, 0.4) is 0 Å². The minimum absolute atomic E-state index is 0.314. The van der Waals surface area contributed by atoms with E-state index in [1.54, 1.807) is 6.92 Å². The van der Waals surface area contributed by atoms with Crippen LogP contribution in [0.1, 0.15) is 26.3 Å². The molecule has 5 heteroatoms. The third-order valence-corrected chi connectivity index (χ3v) is 3.81. The minimum Gasteiger partial charge on any atom is -0.374 e. The van der Waals surface area contributed by atoms with Gasteiger partial charge in [-0.05, 0) is 26.3 Å². The van der Waals surface area contributed by atoms with Gasteiger partial charge in [0.2, 0.25) is 0 Å². The van der Waals surface area contributed by atoms with Crippen LogP contribution in [0.2, 0.25) is 0 Å². The van der Waals surface area contributed by atoms with Crippen molar-refractivity contribution in [2.24, 2.45) is 0 Å². The fraction of sp³-hybridized carbons (Fsp3) is 0.625. The summed E-state index contributed by atoms with van der Waals surface area (Å²) in [5.41, 5.74) is 1.10. The molecule has 0 bridgehead atoms. The zero-order chi connectivity index (χ0) is 15.1. The lowest BCUT2D eigenvalue weighted by atomic mass is 10.1. The fourth-order valence-corrected chi connectivity index (χ4v) is 2.91. The molecule has 5 nitrogen and oxygen atoms in total. The van der Waals surface area contributed by atoms with Crippen LogP contribution in [0, 0.1) is 0 Å². The highest BCUT2D eigenvalue weighted by Gasteiger charge is 2.60. The maximum absolute atomic E-state index is 10.3. The van der Waals surface area contributed by atoms with Gasteiger partial charge in [-0.2, -0.15) is 0 Å². The zero-order valence-corrected chi connectivity index (χ0v) is 12.6. The average molecular weight is 294 g/mol. The van der Waals surface area contributed by atoms with Crippen LogP contribution < -0.4 is 0 Å². The first-order valence-electron chi connectivity index (χ1n) is 7.25. The number of benzene rings is 1. The van der Waals surface area contributed by atoms with Gasteiger partial charge in [-0.3, -0.25) is 0 Å². The first-order chi connectivity index (χ1) is 9.87. The summed E-state index contributed by atoms with van der Waals surface area (Å²) in [6.07, 6.45) is -1.14. The van der Waals surface area contributed by atoms with E-state index in [0.29, 0.717) is 13.2 Å². The number of fused-ring (bicyclic) bond motifs is 1. The standard InChI is InChI=1S/C16H22O5/c1-15(2)20-13-12(19-16(3,17)14(13)21-15)10-18-9-11-7-5-4-6-8-11/h4-8,12-14,17H,9-10H2,1-3H3/t12-,13-,14-,16?/m1/s1. The van der Waals surface area contributed by atoms with E-state index in [2.05, 4.69) is 0 Å². The molecule has 1 N–H and O–H groups in total. The third-order valence-electron chi connectivity index (χ3n) is 3.81. The Balaban J connectivity index is 1.59. The lowest BCUT2D eigenvalue weighted by Gasteiger charge is -2.27. The topological polar surface area (TPSA) is 57.2 Å². The van der Waals surface area contributed by atoms with Crippen molar-refractivity contribution in [3.8, 4) is 0 Å². The van der Waals surface area contributed by atoms with Crippen LogP contribution in [0.5, 0.6) is 0 Å². The minimum atomic E-state index is -1.35. The quantitative estimate of drug-likeness (QED) is 0.918. The molecule has 2 aliphatic heterocycles. The first kappa shape index (κ1) is 14.9. The van der Waals surface area contributed by atoms with Gasteiger partial charge in [0.05, 0.1) is 13.2 Å². The van der Waals surface area contributed by atoms with Gasteiger partial charge in [0.25, 0.3) is 0 Å². The molecule has 0 saturated carbocycles. The molecule has 0 spiro atoms. The maximum atomic E-state index is 10.3. The molecule has 0 amide bonds. The fourth-order valence-electron chi connectivity index (χ4n) is 2.91. The Kier molecular flexibility index (Phi) is 3.80. The number of hydrogen-bond donors (Lipinski definition) is 1. The Morgan fingerprint density at radius 1 is 1.10 bits per heavy atom. The van der Waals surface area contributed by atoms with Gasteiger partial charge in [-0.1, -0.05) is 30.3 Å². The summed E-state index contributed by atoms with van der Waals surface area (Å²) in [5.74, 6) is -2.06. The van der Waals surface area contributed by atoms with Crippen LogP contribution >= 0.6 is 0 Å². The second kappa shape index (κ2) is 5.34. The number of rotatable bonds is 4. The summed E-state index contributed by atoms with van der Waals surface area (Å²) in [6.45, 7) is 6.13. The molecule has 1 aromatic carbocycles. The van der Waals surface area contributed by atoms with Crippen LogP contribution in [-0.2, 0) is 25.6 Å². The van der Waals surface area contributed by atoms with Gasteiger partial charge >= 0.3 is 0 Å². The smallest absolute Gasteiger partial charge is 0.192 e. The van der Waals surface area contributed by atoms with Crippen LogP contribution in [0.15, 0.2) is 30.3 Å². The monoisotopic (exact) mass is 294 g/mol. The summed E-state index contributed by atoms with van der Waals surface area (Å²) in [7, 11) is 0. The lowest BCUT2D eigenvalue weighted by molar-refractivity contribution is -0.269. The van der Waals surface area contributed by atoms with Gasteiger partial charge in [-0.25, -0.2) is 0 Å². The van der Waals surface area contributed by atoms with Crippen molar-refractivity contribution in [1.29, 1.82) is 0 Å². The predicted octanol–water partition coefficient (Wildman–Crippen LogP) is 1.83. The summed E-state index contributed by atoms with van der Waals surface area (Å²) in [6, 6.07) is 9.93.